The van der Waals surface area contributed by atoms with Crippen LogP contribution >= 0.6 is 11.8 Å². The van der Waals surface area contributed by atoms with Crippen LogP contribution in [0.25, 0.3) is 0 Å². The Hall–Kier alpha value is -1.97. The predicted molar refractivity (Wildman–Crippen MR) is 69.1 cm³/mol. The van der Waals surface area contributed by atoms with Crippen molar-refractivity contribution in [2.75, 3.05) is 23.8 Å². The van der Waals surface area contributed by atoms with Crippen molar-refractivity contribution in [2.24, 2.45) is 0 Å². The first-order valence-corrected chi connectivity index (χ1v) is 6.70. The number of rotatable bonds is 4. The van der Waals surface area contributed by atoms with Gasteiger partial charge in [-0.05, 0) is 0 Å². The summed E-state index contributed by atoms with van der Waals surface area (Å²) in [6.07, 6.45) is -2.01. The molecule has 0 fully saturated rings. The third-order valence-corrected chi connectivity index (χ3v) is 3.36. The van der Waals surface area contributed by atoms with Gasteiger partial charge in [0, 0.05) is 24.6 Å². The molecular weight excluding hydrogens is 311 g/mol. The first-order valence-electron chi connectivity index (χ1n) is 5.71. The third kappa shape index (κ3) is 4.52. The Morgan fingerprint density at radius 1 is 1.48 bits per heavy atom. The maximum atomic E-state index is 12.1. The quantitative estimate of drug-likeness (QED) is 0.907. The molecule has 1 aliphatic heterocycles. The van der Waals surface area contributed by atoms with Crippen molar-refractivity contribution in [2.45, 2.75) is 6.18 Å². The van der Waals surface area contributed by atoms with E-state index in [-0.39, 0.29) is 16.6 Å². The summed E-state index contributed by atoms with van der Waals surface area (Å²) >= 11 is 1.18. The van der Waals surface area contributed by atoms with Crippen LogP contribution < -0.4 is 9.64 Å². The van der Waals surface area contributed by atoms with Crippen molar-refractivity contribution >= 4 is 23.5 Å². The van der Waals surface area contributed by atoms with Crippen LogP contribution in [0.3, 0.4) is 0 Å². The maximum Gasteiger partial charge on any atom is 0.422 e. The van der Waals surface area contributed by atoms with Gasteiger partial charge in [0.25, 0.3) is 0 Å². The summed E-state index contributed by atoms with van der Waals surface area (Å²) in [6.45, 7) is -0.966. The van der Waals surface area contributed by atoms with E-state index in [1.54, 1.807) is 0 Å². The van der Waals surface area contributed by atoms with E-state index in [9.17, 15) is 18.0 Å². The molecule has 0 spiro atoms. The second kappa shape index (κ2) is 6.20. The Bertz CT molecular complexity index is 565. The van der Waals surface area contributed by atoms with E-state index in [1.165, 1.54) is 28.9 Å². The lowest BCUT2D eigenvalue weighted by atomic mass is 10.4. The van der Waals surface area contributed by atoms with Crippen LogP contribution in [0, 0.1) is 0 Å². The fourth-order valence-corrected chi connectivity index (χ4v) is 2.35. The molecule has 114 valence electrons. The summed E-state index contributed by atoms with van der Waals surface area (Å²) < 4.78 is 40.8. The molecule has 0 saturated heterocycles. The topological polar surface area (TPSA) is 75.5 Å². The van der Waals surface area contributed by atoms with Crippen molar-refractivity contribution in [1.29, 1.82) is 0 Å². The number of thioether (sulfide) groups is 1. The molecule has 2 heterocycles. The Balaban J connectivity index is 2.13. The Labute approximate surface area is 121 Å². The van der Waals surface area contributed by atoms with Crippen molar-refractivity contribution < 1.29 is 27.8 Å². The normalized spacial score (nSPS) is 15.6. The molecule has 0 saturated carbocycles. The fraction of sp³-hybridized carbons (Fsp3) is 0.364. The zero-order valence-corrected chi connectivity index (χ0v) is 11.3. The van der Waals surface area contributed by atoms with Crippen LogP contribution in [0.4, 0.5) is 19.0 Å². The Morgan fingerprint density at radius 2 is 2.24 bits per heavy atom. The highest BCUT2D eigenvalue weighted by Gasteiger charge is 2.29. The van der Waals surface area contributed by atoms with Crippen LogP contribution in [0.2, 0.25) is 0 Å². The number of carboxylic acids is 1. The minimum atomic E-state index is -4.46. The average Bonchev–Trinajstić information content (AvgIpc) is 2.45. The second-order valence-corrected chi connectivity index (χ2v) is 5.10. The van der Waals surface area contributed by atoms with E-state index < -0.39 is 18.8 Å². The number of aromatic nitrogens is 2. The molecule has 0 aliphatic carbocycles. The average molecular weight is 321 g/mol. The summed E-state index contributed by atoms with van der Waals surface area (Å²) in [5.74, 6) is -0.477. The SMILES string of the molecule is O=C(O)C1=CN(c2cc(OCC(F)(F)F)ncn2)CCS1. The van der Waals surface area contributed by atoms with Crippen LogP contribution in [-0.2, 0) is 4.79 Å². The highest BCUT2D eigenvalue weighted by atomic mass is 32.2. The number of ether oxygens (including phenoxy) is 1. The number of nitrogens with zero attached hydrogens (tertiary/aromatic N) is 3. The molecule has 0 aromatic carbocycles. The van der Waals surface area contributed by atoms with Crippen LogP contribution in [0.15, 0.2) is 23.5 Å². The zero-order valence-electron chi connectivity index (χ0n) is 10.5. The number of carboxylic acid groups (broad SMARTS) is 1. The number of aliphatic carboxylic acids is 1. The second-order valence-electron chi connectivity index (χ2n) is 3.96. The number of carbonyl (C=O) groups is 1. The summed E-state index contributed by atoms with van der Waals surface area (Å²) in [7, 11) is 0. The number of hydrogen-bond donors (Lipinski definition) is 1. The molecule has 1 aromatic heterocycles. The highest BCUT2D eigenvalue weighted by Crippen LogP contribution is 2.26. The van der Waals surface area contributed by atoms with Crippen molar-refractivity contribution in [3.8, 4) is 5.88 Å². The monoisotopic (exact) mass is 321 g/mol. The molecule has 0 amide bonds. The van der Waals surface area contributed by atoms with Gasteiger partial charge in [-0.3, -0.25) is 0 Å². The smallest absolute Gasteiger partial charge is 0.422 e. The van der Waals surface area contributed by atoms with Crippen molar-refractivity contribution in [3.05, 3.63) is 23.5 Å². The lowest BCUT2D eigenvalue weighted by Gasteiger charge is -2.24. The summed E-state index contributed by atoms with van der Waals surface area (Å²) in [5, 5.41) is 8.93. The third-order valence-electron chi connectivity index (χ3n) is 2.38. The number of halogens is 3. The molecule has 1 aliphatic rings. The molecule has 2 rings (SSSR count). The van der Waals surface area contributed by atoms with Gasteiger partial charge < -0.3 is 14.7 Å². The van der Waals surface area contributed by atoms with Gasteiger partial charge in [-0.2, -0.15) is 13.2 Å². The zero-order chi connectivity index (χ0) is 15.5. The van der Waals surface area contributed by atoms with Crippen LogP contribution in [0.1, 0.15) is 0 Å². The van der Waals surface area contributed by atoms with Crippen LogP contribution in [0.5, 0.6) is 5.88 Å². The van der Waals surface area contributed by atoms with Gasteiger partial charge in [0.05, 0.1) is 0 Å². The van der Waals surface area contributed by atoms with Gasteiger partial charge >= 0.3 is 12.1 Å². The van der Waals surface area contributed by atoms with Gasteiger partial charge in [0.1, 0.15) is 17.1 Å². The summed E-state index contributed by atoms with van der Waals surface area (Å²) in [6, 6.07) is 1.23. The van der Waals surface area contributed by atoms with Gasteiger partial charge in [-0.15, -0.1) is 11.8 Å². The Kier molecular flexibility index (Phi) is 4.56. The highest BCUT2D eigenvalue weighted by molar-refractivity contribution is 8.04. The number of anilines is 1. The van der Waals surface area contributed by atoms with Crippen molar-refractivity contribution in [3.63, 3.8) is 0 Å². The first-order chi connectivity index (χ1) is 9.85. The molecule has 0 atom stereocenters. The minimum Gasteiger partial charge on any atom is -0.477 e. The Morgan fingerprint density at radius 3 is 2.90 bits per heavy atom. The van der Waals surface area contributed by atoms with E-state index in [0.717, 1.165) is 6.33 Å². The minimum absolute atomic E-state index is 0.137. The molecule has 1 N–H and O–H groups in total. The molecular formula is C11H10F3N3O3S. The van der Waals surface area contributed by atoms with E-state index in [0.29, 0.717) is 12.3 Å². The maximum absolute atomic E-state index is 12.1. The van der Waals surface area contributed by atoms with E-state index in [4.69, 9.17) is 5.11 Å². The molecule has 1 aromatic rings. The van der Waals surface area contributed by atoms with Crippen molar-refractivity contribution in [1.82, 2.24) is 9.97 Å². The van der Waals surface area contributed by atoms with Gasteiger partial charge in [0.2, 0.25) is 5.88 Å². The molecule has 0 unspecified atom stereocenters. The van der Waals surface area contributed by atoms with Crippen LogP contribution in [-0.4, -0.2) is 46.1 Å². The van der Waals surface area contributed by atoms with E-state index in [2.05, 4.69) is 14.7 Å². The van der Waals surface area contributed by atoms with E-state index >= 15 is 0 Å². The summed E-state index contributed by atoms with van der Waals surface area (Å²) in [4.78, 5) is 20.1. The van der Waals surface area contributed by atoms with E-state index in [1.807, 2.05) is 0 Å². The predicted octanol–water partition coefficient (Wildman–Crippen LogP) is 1.90. The van der Waals surface area contributed by atoms with Gasteiger partial charge in [0.15, 0.2) is 6.61 Å². The molecule has 6 nitrogen and oxygen atoms in total. The number of alkyl halides is 3. The van der Waals surface area contributed by atoms with Gasteiger partial charge in [-0.1, -0.05) is 0 Å². The lowest BCUT2D eigenvalue weighted by Crippen LogP contribution is -2.26. The molecule has 21 heavy (non-hydrogen) atoms. The molecule has 10 heteroatoms. The number of hydrogen-bond acceptors (Lipinski definition) is 6. The van der Waals surface area contributed by atoms with Gasteiger partial charge in [-0.25, -0.2) is 14.8 Å². The summed E-state index contributed by atoms with van der Waals surface area (Å²) in [5.41, 5.74) is 0. The lowest BCUT2D eigenvalue weighted by molar-refractivity contribution is -0.154. The fourth-order valence-electron chi connectivity index (χ4n) is 1.52. The largest absolute Gasteiger partial charge is 0.477 e. The first kappa shape index (κ1) is 15.4. The molecule has 0 bridgehead atoms. The molecule has 0 radical (unpaired) electrons. The standard InChI is InChI=1S/C11H10F3N3O3S/c12-11(13,14)5-20-9-3-8(15-6-16-9)17-1-2-21-7(4-17)10(18)19/h3-4,6H,1-2,5H2,(H,18,19).